The lowest BCUT2D eigenvalue weighted by atomic mass is 9.73. The van der Waals surface area contributed by atoms with E-state index in [4.69, 9.17) is 9.47 Å². The number of benzene rings is 1. The molecule has 1 aromatic rings. The van der Waals surface area contributed by atoms with Crippen LogP contribution in [0.4, 0.5) is 0 Å². The minimum Gasteiger partial charge on any atom is -0.494 e. The summed E-state index contributed by atoms with van der Waals surface area (Å²) < 4.78 is 11.6. The monoisotopic (exact) mass is 422 g/mol. The van der Waals surface area contributed by atoms with Crippen LogP contribution in [0.25, 0.3) is 0 Å². The number of ether oxygens (including phenoxy) is 2. The van der Waals surface area contributed by atoms with Gasteiger partial charge in [-0.3, -0.25) is 0 Å². The second-order valence-electron chi connectivity index (χ2n) is 7.91. The van der Waals surface area contributed by atoms with Gasteiger partial charge in [-0.2, -0.15) is 0 Å². The fourth-order valence-corrected chi connectivity index (χ4v) is 3.39. The van der Waals surface area contributed by atoms with Gasteiger partial charge >= 0.3 is 14.2 Å². The van der Waals surface area contributed by atoms with Crippen molar-refractivity contribution in [3.63, 3.8) is 0 Å². The Morgan fingerprint density at radius 3 is 1.37 bits per heavy atom. The van der Waals surface area contributed by atoms with Crippen LogP contribution in [-0.4, -0.2) is 47.5 Å². The van der Waals surface area contributed by atoms with Crippen LogP contribution in [0, 0.1) is 0 Å². The topological polar surface area (TPSA) is 99.4 Å². The summed E-state index contributed by atoms with van der Waals surface area (Å²) in [6.45, 7) is 5.21. The van der Waals surface area contributed by atoms with Crippen LogP contribution in [0.3, 0.4) is 0 Å². The number of hydrogen-bond donors (Lipinski definition) is 4. The van der Waals surface area contributed by atoms with Crippen LogP contribution >= 0.6 is 0 Å². The molecule has 4 N–H and O–H groups in total. The van der Waals surface area contributed by atoms with E-state index in [0.29, 0.717) is 13.2 Å². The third-order valence-electron chi connectivity index (χ3n) is 5.19. The molecule has 0 fully saturated rings. The minimum absolute atomic E-state index is 0.136. The Balaban J connectivity index is 2.71. The fourth-order valence-electron chi connectivity index (χ4n) is 3.39. The van der Waals surface area contributed by atoms with Crippen molar-refractivity contribution in [1.82, 2.24) is 0 Å². The van der Waals surface area contributed by atoms with Crippen LogP contribution in [0.1, 0.15) is 90.9 Å². The Morgan fingerprint density at radius 2 is 1.00 bits per heavy atom. The predicted octanol–water partition coefficient (Wildman–Crippen LogP) is 2.52. The summed E-state index contributed by atoms with van der Waals surface area (Å²) in [6, 6.07) is 2.88. The zero-order valence-electron chi connectivity index (χ0n) is 18.8. The van der Waals surface area contributed by atoms with E-state index in [-0.39, 0.29) is 22.4 Å². The molecular weight excluding hydrogens is 382 g/mol. The van der Waals surface area contributed by atoms with Crippen LogP contribution in [0.2, 0.25) is 0 Å². The quantitative estimate of drug-likeness (QED) is 0.214. The van der Waals surface area contributed by atoms with Crippen LogP contribution < -0.4 is 20.4 Å². The van der Waals surface area contributed by atoms with E-state index in [2.05, 4.69) is 13.8 Å². The summed E-state index contributed by atoms with van der Waals surface area (Å²) in [5, 5.41) is 39.0. The zero-order valence-corrected chi connectivity index (χ0v) is 18.8. The summed E-state index contributed by atoms with van der Waals surface area (Å²) in [7, 11) is -3.46. The Kier molecular flexibility index (Phi) is 14.7. The highest BCUT2D eigenvalue weighted by atomic mass is 16.5. The van der Waals surface area contributed by atoms with Crippen LogP contribution in [0.15, 0.2) is 12.1 Å². The van der Waals surface area contributed by atoms with E-state index in [1.54, 1.807) is 0 Å². The van der Waals surface area contributed by atoms with Crippen molar-refractivity contribution in [2.75, 3.05) is 13.2 Å². The third kappa shape index (κ3) is 10.7. The zero-order chi connectivity index (χ0) is 22.2. The second kappa shape index (κ2) is 16.5. The molecule has 0 bridgehead atoms. The molecule has 0 aliphatic carbocycles. The second-order valence-corrected chi connectivity index (χ2v) is 7.91. The fraction of sp³-hybridized carbons (Fsp3) is 0.727. The van der Waals surface area contributed by atoms with Crippen molar-refractivity contribution in [3.8, 4) is 11.5 Å². The highest BCUT2D eigenvalue weighted by molar-refractivity contribution is 6.62. The van der Waals surface area contributed by atoms with E-state index < -0.39 is 14.2 Å². The normalized spacial score (nSPS) is 10.9. The highest BCUT2D eigenvalue weighted by Gasteiger charge is 2.26. The Bertz CT molecular complexity index is 530. The molecule has 0 unspecified atom stereocenters. The van der Waals surface area contributed by atoms with Gasteiger partial charge in [0.1, 0.15) is 11.5 Å². The first-order valence-electron chi connectivity index (χ1n) is 11.7. The first-order valence-corrected chi connectivity index (χ1v) is 11.7. The molecule has 8 heteroatoms. The molecule has 6 nitrogen and oxygen atoms in total. The number of hydrogen-bond acceptors (Lipinski definition) is 6. The Labute approximate surface area is 182 Å². The van der Waals surface area contributed by atoms with Gasteiger partial charge in [-0.05, 0) is 30.4 Å². The molecule has 0 saturated carbocycles. The smallest absolute Gasteiger partial charge is 0.494 e. The van der Waals surface area contributed by atoms with Gasteiger partial charge in [0.15, 0.2) is 0 Å². The van der Waals surface area contributed by atoms with Crippen molar-refractivity contribution in [2.45, 2.75) is 90.9 Å². The summed E-state index contributed by atoms with van der Waals surface area (Å²) in [5.41, 5.74) is 0.339. The summed E-state index contributed by atoms with van der Waals surface area (Å²) in [6.07, 6.45) is 13.4. The van der Waals surface area contributed by atoms with E-state index >= 15 is 0 Å². The molecule has 0 aliphatic heterocycles. The largest absolute Gasteiger partial charge is 0.496 e. The van der Waals surface area contributed by atoms with E-state index in [9.17, 15) is 20.1 Å². The van der Waals surface area contributed by atoms with Crippen molar-refractivity contribution in [2.24, 2.45) is 0 Å². The van der Waals surface area contributed by atoms with Gasteiger partial charge in [0.05, 0.1) is 18.7 Å². The molecule has 0 heterocycles. The van der Waals surface area contributed by atoms with Crippen molar-refractivity contribution < 1.29 is 29.6 Å². The summed E-state index contributed by atoms with van der Waals surface area (Å²) >= 11 is 0. The lowest BCUT2D eigenvalue weighted by Crippen LogP contribution is -2.38. The maximum atomic E-state index is 9.89. The minimum atomic E-state index is -1.77. The average molecular weight is 422 g/mol. The van der Waals surface area contributed by atoms with Gasteiger partial charge in [-0.25, -0.2) is 0 Å². The predicted molar refractivity (Wildman–Crippen MR) is 124 cm³/mol. The molecule has 0 amide bonds. The van der Waals surface area contributed by atoms with Gasteiger partial charge in [0, 0.05) is 0 Å². The molecule has 170 valence electrons. The lowest BCUT2D eigenvalue weighted by molar-refractivity contribution is 0.291. The molecule has 1 rings (SSSR count). The molecule has 0 spiro atoms. The Morgan fingerprint density at radius 1 is 0.600 bits per heavy atom. The molecule has 0 radical (unpaired) electrons. The maximum absolute atomic E-state index is 9.89. The maximum Gasteiger partial charge on any atom is 0.496 e. The van der Waals surface area contributed by atoms with Gasteiger partial charge < -0.3 is 29.6 Å². The molecule has 0 saturated heterocycles. The number of rotatable bonds is 18. The molecule has 30 heavy (non-hydrogen) atoms. The van der Waals surface area contributed by atoms with Crippen LogP contribution in [-0.2, 0) is 0 Å². The molecule has 0 atom stereocenters. The van der Waals surface area contributed by atoms with Gasteiger partial charge in [-0.1, -0.05) is 78.1 Å². The van der Waals surface area contributed by atoms with Gasteiger partial charge in [-0.15, -0.1) is 0 Å². The Hall–Kier alpha value is -1.21. The number of unbranched alkanes of at least 4 members (excludes halogenated alkanes) is 10. The van der Waals surface area contributed by atoms with Gasteiger partial charge in [0.25, 0.3) is 0 Å². The molecule has 0 aromatic heterocycles. The van der Waals surface area contributed by atoms with Gasteiger partial charge in [0.2, 0.25) is 0 Å². The lowest BCUT2D eigenvalue weighted by Gasteiger charge is -2.18. The van der Waals surface area contributed by atoms with E-state index in [1.165, 1.54) is 50.7 Å². The first kappa shape index (κ1) is 26.8. The molecule has 0 aliphatic rings. The van der Waals surface area contributed by atoms with E-state index in [0.717, 1.165) is 38.5 Å². The average Bonchev–Trinajstić information content (AvgIpc) is 2.71. The first-order chi connectivity index (χ1) is 14.5. The van der Waals surface area contributed by atoms with Crippen molar-refractivity contribution >= 4 is 25.2 Å². The molecule has 1 aromatic carbocycles. The molecular formula is C22H40B2O6. The summed E-state index contributed by atoms with van der Waals surface area (Å²) in [5.74, 6) is 0.448. The highest BCUT2D eigenvalue weighted by Crippen LogP contribution is 2.18. The van der Waals surface area contributed by atoms with E-state index in [1.807, 2.05) is 0 Å². The SMILES string of the molecule is CCCCCCCCOc1cc(B(O)O)cc(OCCCCCCCC)c1B(O)O. The third-order valence-corrected chi connectivity index (χ3v) is 5.19. The van der Waals surface area contributed by atoms with Crippen LogP contribution in [0.5, 0.6) is 11.5 Å². The van der Waals surface area contributed by atoms with Crippen molar-refractivity contribution in [3.05, 3.63) is 12.1 Å². The summed E-state index contributed by atoms with van der Waals surface area (Å²) in [4.78, 5) is 0. The standard InChI is InChI=1S/C22H40B2O6/c1-3-5-7-9-11-13-15-29-20-17-19(23(25)26)18-21(22(20)24(27)28)30-16-14-12-10-8-6-4-2/h17-18,25-28H,3-16H2,1-2H3. The van der Waals surface area contributed by atoms with Crippen molar-refractivity contribution in [1.29, 1.82) is 0 Å².